The summed E-state index contributed by atoms with van der Waals surface area (Å²) < 4.78 is 5.21. The number of nitrogens with one attached hydrogen (secondary N) is 2. The highest BCUT2D eigenvalue weighted by Crippen LogP contribution is 2.19. The minimum atomic E-state index is -0.381. The zero-order chi connectivity index (χ0) is 16.7. The lowest BCUT2D eigenvalue weighted by atomic mass is 10.0. The maximum Gasteiger partial charge on any atom is 0.222 e. The summed E-state index contributed by atoms with van der Waals surface area (Å²) in [5.41, 5.74) is 0.839. The van der Waals surface area contributed by atoms with Crippen molar-refractivity contribution in [1.29, 1.82) is 0 Å². The summed E-state index contributed by atoms with van der Waals surface area (Å²) >= 11 is 5.87. The highest BCUT2D eigenvalue weighted by molar-refractivity contribution is 6.30. The van der Waals surface area contributed by atoms with Gasteiger partial charge in [-0.25, -0.2) is 0 Å². The number of hydrogen-bond acceptors (Lipinski definition) is 3. The third kappa shape index (κ3) is 5.79. The van der Waals surface area contributed by atoms with Gasteiger partial charge in [-0.15, -0.1) is 0 Å². The van der Waals surface area contributed by atoms with E-state index in [0.717, 1.165) is 11.3 Å². The van der Waals surface area contributed by atoms with Crippen molar-refractivity contribution in [3.8, 4) is 0 Å². The summed E-state index contributed by atoms with van der Waals surface area (Å²) in [6.07, 6.45) is 2.40. The molecule has 0 aliphatic heterocycles. The van der Waals surface area contributed by atoms with Crippen LogP contribution in [0.1, 0.15) is 30.7 Å². The molecule has 0 bridgehead atoms. The van der Waals surface area contributed by atoms with Gasteiger partial charge in [-0.1, -0.05) is 23.7 Å². The Morgan fingerprint density at radius 1 is 1.22 bits per heavy atom. The second-order valence-corrected chi connectivity index (χ2v) is 5.62. The van der Waals surface area contributed by atoms with E-state index < -0.39 is 0 Å². The molecule has 6 heteroatoms. The number of hydrogen-bond donors (Lipinski definition) is 2. The first kappa shape index (κ1) is 17.1. The van der Waals surface area contributed by atoms with Crippen LogP contribution in [-0.2, 0) is 16.0 Å². The van der Waals surface area contributed by atoms with Crippen LogP contribution in [-0.4, -0.2) is 18.4 Å². The smallest absolute Gasteiger partial charge is 0.222 e. The fraction of sp³-hybridized carbons (Fsp3) is 0.294. The standard InChI is InChI=1S/C17H19ClN2O3/c1-12(21)20-16(13-4-6-14(18)7-5-13)11-17(22)19-9-8-15-3-2-10-23-15/h2-7,10,16H,8-9,11H2,1H3,(H,19,22)(H,20,21)/t16-/m1/s1. The third-order valence-electron chi connectivity index (χ3n) is 3.31. The summed E-state index contributed by atoms with van der Waals surface area (Å²) in [7, 11) is 0. The zero-order valence-corrected chi connectivity index (χ0v) is 13.6. The van der Waals surface area contributed by atoms with E-state index in [1.165, 1.54) is 6.92 Å². The first-order valence-corrected chi connectivity index (χ1v) is 7.74. The molecule has 1 aromatic carbocycles. The molecule has 122 valence electrons. The van der Waals surface area contributed by atoms with Gasteiger partial charge >= 0.3 is 0 Å². The van der Waals surface area contributed by atoms with E-state index in [2.05, 4.69) is 10.6 Å². The highest BCUT2D eigenvalue weighted by Gasteiger charge is 2.17. The largest absolute Gasteiger partial charge is 0.469 e. The van der Waals surface area contributed by atoms with Crippen LogP contribution in [0.25, 0.3) is 0 Å². The first-order valence-electron chi connectivity index (χ1n) is 7.36. The lowest BCUT2D eigenvalue weighted by Gasteiger charge is -2.18. The lowest BCUT2D eigenvalue weighted by molar-refractivity contribution is -0.122. The Bertz CT molecular complexity index is 638. The second-order valence-electron chi connectivity index (χ2n) is 5.19. The van der Waals surface area contributed by atoms with Crippen LogP contribution >= 0.6 is 11.6 Å². The SMILES string of the molecule is CC(=O)N[C@H](CC(=O)NCCc1ccco1)c1ccc(Cl)cc1. The predicted octanol–water partition coefficient (Wildman–Crippen LogP) is 2.86. The Kier molecular flexibility index (Phi) is 6.23. The minimum absolute atomic E-state index is 0.134. The van der Waals surface area contributed by atoms with Crippen molar-refractivity contribution in [2.75, 3.05) is 6.54 Å². The second kappa shape index (κ2) is 8.39. The van der Waals surface area contributed by atoms with Gasteiger partial charge in [0.2, 0.25) is 11.8 Å². The fourth-order valence-corrected chi connectivity index (χ4v) is 2.36. The normalized spacial score (nSPS) is 11.7. The molecule has 2 N–H and O–H groups in total. The molecule has 2 amide bonds. The molecule has 5 nitrogen and oxygen atoms in total. The summed E-state index contributed by atoms with van der Waals surface area (Å²) in [5.74, 6) is 0.500. The monoisotopic (exact) mass is 334 g/mol. The molecule has 0 saturated heterocycles. The topological polar surface area (TPSA) is 71.3 Å². The van der Waals surface area contributed by atoms with Crippen molar-refractivity contribution in [2.24, 2.45) is 0 Å². The van der Waals surface area contributed by atoms with Gasteiger partial charge < -0.3 is 15.1 Å². The van der Waals surface area contributed by atoms with E-state index in [0.29, 0.717) is 18.0 Å². The van der Waals surface area contributed by atoms with Gasteiger partial charge in [-0.05, 0) is 29.8 Å². The van der Waals surface area contributed by atoms with Gasteiger partial charge in [0, 0.05) is 24.9 Å². The third-order valence-corrected chi connectivity index (χ3v) is 3.57. The molecule has 1 heterocycles. The van der Waals surface area contributed by atoms with Gasteiger partial charge in [-0.2, -0.15) is 0 Å². The average molecular weight is 335 g/mol. The van der Waals surface area contributed by atoms with Gasteiger partial charge in [0.15, 0.2) is 0 Å². The predicted molar refractivity (Wildman–Crippen MR) is 88.0 cm³/mol. The Balaban J connectivity index is 1.89. The Labute approximate surface area is 140 Å². The van der Waals surface area contributed by atoms with Crippen molar-refractivity contribution in [1.82, 2.24) is 10.6 Å². The molecule has 0 saturated carbocycles. The van der Waals surface area contributed by atoms with E-state index in [4.69, 9.17) is 16.0 Å². The molecular formula is C17H19ClN2O3. The van der Waals surface area contributed by atoms with Crippen molar-refractivity contribution in [2.45, 2.75) is 25.8 Å². The first-order chi connectivity index (χ1) is 11.0. The summed E-state index contributed by atoms with van der Waals surface area (Å²) in [6.45, 7) is 1.91. The molecule has 0 fully saturated rings. The molecule has 2 rings (SSSR count). The van der Waals surface area contributed by atoms with Crippen molar-refractivity contribution >= 4 is 23.4 Å². The summed E-state index contributed by atoms with van der Waals surface area (Å²) in [6, 6.07) is 10.4. The van der Waals surface area contributed by atoms with Crippen molar-refractivity contribution in [3.05, 3.63) is 59.0 Å². The van der Waals surface area contributed by atoms with E-state index in [1.54, 1.807) is 30.5 Å². The maximum atomic E-state index is 12.1. The number of rotatable bonds is 7. The van der Waals surface area contributed by atoms with Crippen LogP contribution in [0.15, 0.2) is 47.1 Å². The summed E-state index contributed by atoms with van der Waals surface area (Å²) in [4.78, 5) is 23.4. The van der Waals surface area contributed by atoms with Crippen LogP contribution in [0.3, 0.4) is 0 Å². The molecule has 23 heavy (non-hydrogen) atoms. The Morgan fingerprint density at radius 3 is 2.57 bits per heavy atom. The van der Waals surface area contributed by atoms with E-state index in [1.807, 2.05) is 12.1 Å². The molecular weight excluding hydrogens is 316 g/mol. The van der Waals surface area contributed by atoms with Crippen LogP contribution in [0.5, 0.6) is 0 Å². The van der Waals surface area contributed by atoms with Crippen molar-refractivity contribution < 1.29 is 14.0 Å². The average Bonchev–Trinajstić information content (AvgIpc) is 3.00. The quantitative estimate of drug-likeness (QED) is 0.818. The molecule has 0 spiro atoms. The number of carbonyl (C=O) groups is 2. The Morgan fingerprint density at radius 2 is 1.96 bits per heavy atom. The minimum Gasteiger partial charge on any atom is -0.469 e. The van der Waals surface area contributed by atoms with Crippen LogP contribution in [0.4, 0.5) is 0 Å². The fourth-order valence-electron chi connectivity index (χ4n) is 2.23. The van der Waals surface area contributed by atoms with Gasteiger partial charge in [0.25, 0.3) is 0 Å². The molecule has 0 unspecified atom stereocenters. The van der Waals surface area contributed by atoms with Gasteiger partial charge in [0.05, 0.1) is 18.7 Å². The van der Waals surface area contributed by atoms with E-state index in [-0.39, 0.29) is 24.3 Å². The van der Waals surface area contributed by atoms with Gasteiger partial charge in [-0.3, -0.25) is 9.59 Å². The van der Waals surface area contributed by atoms with Gasteiger partial charge in [0.1, 0.15) is 5.76 Å². The number of amides is 2. The number of furan rings is 1. The maximum absolute atomic E-state index is 12.1. The number of halogens is 1. The lowest BCUT2D eigenvalue weighted by Crippen LogP contribution is -2.33. The van der Waals surface area contributed by atoms with Crippen LogP contribution in [0.2, 0.25) is 5.02 Å². The molecule has 2 aromatic rings. The zero-order valence-electron chi connectivity index (χ0n) is 12.8. The highest BCUT2D eigenvalue weighted by atomic mass is 35.5. The van der Waals surface area contributed by atoms with Crippen LogP contribution < -0.4 is 10.6 Å². The van der Waals surface area contributed by atoms with E-state index >= 15 is 0 Å². The molecule has 0 radical (unpaired) electrons. The molecule has 0 aliphatic carbocycles. The van der Waals surface area contributed by atoms with Crippen LogP contribution in [0, 0.1) is 0 Å². The number of benzene rings is 1. The van der Waals surface area contributed by atoms with Crippen molar-refractivity contribution in [3.63, 3.8) is 0 Å². The Hall–Kier alpha value is -2.27. The van der Waals surface area contributed by atoms with E-state index in [9.17, 15) is 9.59 Å². The molecule has 1 atom stereocenters. The molecule has 1 aromatic heterocycles. The molecule has 0 aliphatic rings. The number of carbonyl (C=O) groups excluding carboxylic acids is 2. The summed E-state index contributed by atoms with van der Waals surface area (Å²) in [5, 5.41) is 6.23.